The molecule has 19 heavy (non-hydrogen) atoms. The van der Waals surface area contributed by atoms with Gasteiger partial charge in [-0.1, -0.05) is 13.8 Å². The molecule has 2 amide bonds. The molecule has 0 aliphatic carbocycles. The molecule has 0 saturated carbocycles. The normalized spacial score (nSPS) is 18.7. The van der Waals surface area contributed by atoms with E-state index < -0.39 is 5.97 Å². The van der Waals surface area contributed by atoms with Crippen LogP contribution in [0.3, 0.4) is 0 Å². The molecule has 0 atom stereocenters. The highest BCUT2D eigenvalue weighted by Crippen LogP contribution is 2.32. The first kappa shape index (κ1) is 13.3. The predicted octanol–water partition coefficient (Wildman–Crippen LogP) is 1.65. The Morgan fingerprint density at radius 1 is 1.32 bits per heavy atom. The van der Waals surface area contributed by atoms with Gasteiger partial charge in [-0.25, -0.2) is 4.79 Å². The zero-order valence-electron chi connectivity index (χ0n) is 10.8. The van der Waals surface area contributed by atoms with Crippen molar-refractivity contribution < 1.29 is 23.9 Å². The summed E-state index contributed by atoms with van der Waals surface area (Å²) in [6, 6.07) is 2.77. The molecule has 6 nitrogen and oxygen atoms in total. The van der Waals surface area contributed by atoms with E-state index in [4.69, 9.17) is 9.52 Å². The quantitative estimate of drug-likeness (QED) is 0.839. The van der Waals surface area contributed by atoms with Crippen molar-refractivity contribution in [2.75, 3.05) is 0 Å². The Kier molecular flexibility index (Phi) is 3.18. The minimum Gasteiger partial charge on any atom is -0.475 e. The van der Waals surface area contributed by atoms with Crippen molar-refractivity contribution in [3.8, 4) is 0 Å². The zero-order chi connectivity index (χ0) is 14.2. The summed E-state index contributed by atoms with van der Waals surface area (Å²) in [6.07, 6.45) is 0.594. The van der Waals surface area contributed by atoms with Gasteiger partial charge in [-0.05, 0) is 17.5 Å². The molecular formula is C13H15NO5. The number of imide groups is 1. The van der Waals surface area contributed by atoms with Gasteiger partial charge in [0.25, 0.3) is 0 Å². The van der Waals surface area contributed by atoms with Crippen LogP contribution < -0.4 is 0 Å². The third-order valence-electron chi connectivity index (χ3n) is 3.05. The molecule has 102 valence electrons. The van der Waals surface area contributed by atoms with Crippen molar-refractivity contribution in [1.29, 1.82) is 0 Å². The number of carboxylic acid groups (broad SMARTS) is 1. The molecule has 1 saturated heterocycles. The fourth-order valence-electron chi connectivity index (χ4n) is 2.12. The number of carboxylic acids is 1. The lowest BCUT2D eigenvalue weighted by molar-refractivity contribution is -0.153. The third-order valence-corrected chi connectivity index (χ3v) is 3.05. The van der Waals surface area contributed by atoms with Gasteiger partial charge < -0.3 is 9.52 Å². The lowest BCUT2D eigenvalue weighted by Crippen LogP contribution is -2.45. The second-order valence-electron chi connectivity index (χ2n) is 5.46. The smallest absolute Gasteiger partial charge is 0.371 e. The Bertz CT molecular complexity index is 523. The molecule has 0 radical (unpaired) electrons. The Labute approximate surface area is 110 Å². The van der Waals surface area contributed by atoms with E-state index in [2.05, 4.69) is 0 Å². The molecule has 2 rings (SSSR count). The zero-order valence-corrected chi connectivity index (χ0v) is 10.8. The van der Waals surface area contributed by atoms with Crippen LogP contribution in [0.2, 0.25) is 0 Å². The summed E-state index contributed by atoms with van der Waals surface area (Å²) < 4.78 is 5.05. The highest BCUT2D eigenvalue weighted by atomic mass is 16.4. The van der Waals surface area contributed by atoms with Crippen LogP contribution in [0.5, 0.6) is 0 Å². The summed E-state index contributed by atoms with van der Waals surface area (Å²) in [7, 11) is 0. The van der Waals surface area contributed by atoms with E-state index >= 15 is 0 Å². The van der Waals surface area contributed by atoms with Gasteiger partial charge in [0.05, 0.1) is 6.54 Å². The number of furan rings is 1. The van der Waals surface area contributed by atoms with Crippen LogP contribution in [-0.2, 0) is 16.1 Å². The van der Waals surface area contributed by atoms with Crippen molar-refractivity contribution in [3.05, 3.63) is 23.7 Å². The first-order chi connectivity index (χ1) is 8.78. The van der Waals surface area contributed by atoms with Crippen LogP contribution in [-0.4, -0.2) is 27.8 Å². The van der Waals surface area contributed by atoms with E-state index in [9.17, 15) is 14.4 Å². The Balaban J connectivity index is 2.12. The summed E-state index contributed by atoms with van der Waals surface area (Å²) in [5.41, 5.74) is -0.319. The van der Waals surface area contributed by atoms with Crippen molar-refractivity contribution in [3.63, 3.8) is 0 Å². The molecule has 2 heterocycles. The van der Waals surface area contributed by atoms with E-state index in [1.165, 1.54) is 12.1 Å². The number of aromatic carboxylic acids is 1. The van der Waals surface area contributed by atoms with Crippen molar-refractivity contribution >= 4 is 17.8 Å². The Morgan fingerprint density at radius 2 is 1.89 bits per heavy atom. The number of hydrogen-bond acceptors (Lipinski definition) is 4. The van der Waals surface area contributed by atoms with Crippen LogP contribution >= 0.6 is 0 Å². The highest BCUT2D eigenvalue weighted by molar-refractivity contribution is 5.98. The van der Waals surface area contributed by atoms with Crippen LogP contribution in [0.25, 0.3) is 0 Å². The average Bonchev–Trinajstić information content (AvgIpc) is 2.70. The molecule has 1 aromatic heterocycles. The van der Waals surface area contributed by atoms with E-state index in [0.717, 1.165) is 4.90 Å². The van der Waals surface area contributed by atoms with Gasteiger partial charge in [-0.15, -0.1) is 0 Å². The second kappa shape index (κ2) is 4.53. The largest absolute Gasteiger partial charge is 0.475 e. The number of carbonyl (C=O) groups is 3. The van der Waals surface area contributed by atoms with E-state index in [1.807, 2.05) is 13.8 Å². The number of nitrogens with zero attached hydrogens (tertiary/aromatic N) is 1. The molecule has 0 spiro atoms. The lowest BCUT2D eigenvalue weighted by Gasteiger charge is -2.34. The standard InChI is InChI=1S/C13H15NO5/c1-13(2)5-10(15)14(11(16)6-13)7-8-3-4-9(19-8)12(17)18/h3-4H,5-7H2,1-2H3,(H,17,18). The average molecular weight is 265 g/mol. The first-order valence-corrected chi connectivity index (χ1v) is 5.94. The topological polar surface area (TPSA) is 87.8 Å². The van der Waals surface area contributed by atoms with E-state index in [0.29, 0.717) is 18.6 Å². The summed E-state index contributed by atoms with van der Waals surface area (Å²) in [4.78, 5) is 35.6. The molecule has 0 unspecified atom stereocenters. The monoisotopic (exact) mass is 265 g/mol. The van der Waals surface area contributed by atoms with Crippen LogP contribution in [0.1, 0.15) is 43.0 Å². The van der Waals surface area contributed by atoms with Gasteiger partial charge in [0.2, 0.25) is 17.6 Å². The highest BCUT2D eigenvalue weighted by Gasteiger charge is 2.37. The summed E-state index contributed by atoms with van der Waals surface area (Å²) in [5, 5.41) is 8.74. The van der Waals surface area contributed by atoms with Crippen molar-refractivity contribution in [1.82, 2.24) is 4.90 Å². The Hall–Kier alpha value is -2.11. The minimum absolute atomic E-state index is 0.0129. The fourth-order valence-corrected chi connectivity index (χ4v) is 2.12. The number of carbonyl (C=O) groups excluding carboxylic acids is 2. The van der Waals surface area contributed by atoms with E-state index in [1.54, 1.807) is 0 Å². The molecular weight excluding hydrogens is 250 g/mol. The Morgan fingerprint density at radius 3 is 2.37 bits per heavy atom. The molecule has 1 aliphatic heterocycles. The maximum atomic E-state index is 11.9. The number of piperidine rings is 1. The summed E-state index contributed by atoms with van der Waals surface area (Å²) >= 11 is 0. The number of hydrogen-bond donors (Lipinski definition) is 1. The minimum atomic E-state index is -1.18. The van der Waals surface area contributed by atoms with Crippen molar-refractivity contribution in [2.24, 2.45) is 5.41 Å². The fraction of sp³-hybridized carbons (Fsp3) is 0.462. The van der Waals surface area contributed by atoms with E-state index in [-0.39, 0.29) is 29.5 Å². The number of likely N-dealkylation sites (tertiary alicyclic amines) is 1. The maximum absolute atomic E-state index is 11.9. The molecule has 0 bridgehead atoms. The lowest BCUT2D eigenvalue weighted by atomic mass is 9.82. The van der Waals surface area contributed by atoms with Crippen LogP contribution in [0.4, 0.5) is 0 Å². The summed E-state index contributed by atoms with van der Waals surface area (Å²) in [5.74, 6) is -1.60. The first-order valence-electron chi connectivity index (χ1n) is 5.94. The third kappa shape index (κ3) is 2.83. The van der Waals surface area contributed by atoms with Gasteiger partial charge in [0.1, 0.15) is 5.76 Å². The maximum Gasteiger partial charge on any atom is 0.371 e. The van der Waals surface area contributed by atoms with Gasteiger partial charge in [0.15, 0.2) is 0 Å². The molecule has 1 aromatic rings. The second-order valence-corrected chi connectivity index (χ2v) is 5.46. The molecule has 6 heteroatoms. The van der Waals surface area contributed by atoms with Gasteiger partial charge in [-0.3, -0.25) is 14.5 Å². The van der Waals surface area contributed by atoms with Crippen LogP contribution in [0, 0.1) is 5.41 Å². The van der Waals surface area contributed by atoms with Gasteiger partial charge >= 0.3 is 5.97 Å². The predicted molar refractivity (Wildman–Crippen MR) is 64.2 cm³/mol. The molecule has 0 aromatic carbocycles. The molecule has 1 N–H and O–H groups in total. The van der Waals surface area contributed by atoms with Gasteiger partial charge in [-0.2, -0.15) is 0 Å². The molecule has 1 aliphatic rings. The number of rotatable bonds is 3. The van der Waals surface area contributed by atoms with Gasteiger partial charge in [0, 0.05) is 12.8 Å². The summed E-state index contributed by atoms with van der Waals surface area (Å²) in [6.45, 7) is 3.73. The number of amides is 2. The van der Waals surface area contributed by atoms with Crippen molar-refractivity contribution in [2.45, 2.75) is 33.2 Å². The van der Waals surface area contributed by atoms with Crippen LogP contribution in [0.15, 0.2) is 16.5 Å². The SMILES string of the molecule is CC1(C)CC(=O)N(Cc2ccc(C(=O)O)o2)C(=O)C1. The molecule has 1 fully saturated rings.